The molecular formula is C11H15BrFNO. The molecule has 0 aliphatic heterocycles. The number of rotatable bonds is 4. The van der Waals surface area contributed by atoms with Crippen LogP contribution in [0.4, 0.5) is 4.39 Å². The van der Waals surface area contributed by atoms with Crippen LogP contribution in [0.25, 0.3) is 0 Å². The van der Waals surface area contributed by atoms with Gasteiger partial charge in [-0.1, -0.05) is 0 Å². The standard InChI is InChI=1S/C11H15BrFNO/c1-7-8(4-5-14-2)11(15-3)9(12)6-10(7)13/h6,14H,4-5H2,1-3H3. The summed E-state index contributed by atoms with van der Waals surface area (Å²) in [5, 5.41) is 3.04. The van der Waals surface area contributed by atoms with Gasteiger partial charge in [0.1, 0.15) is 11.6 Å². The van der Waals surface area contributed by atoms with Crippen LogP contribution in [0.2, 0.25) is 0 Å². The lowest BCUT2D eigenvalue weighted by Crippen LogP contribution is -2.12. The van der Waals surface area contributed by atoms with Crippen LogP contribution in [0.15, 0.2) is 10.5 Å². The first-order valence-electron chi connectivity index (χ1n) is 4.77. The predicted octanol–water partition coefficient (Wildman–Crippen LogP) is 2.67. The summed E-state index contributed by atoms with van der Waals surface area (Å²) >= 11 is 3.30. The van der Waals surface area contributed by atoms with Crippen LogP contribution in [-0.2, 0) is 6.42 Å². The highest BCUT2D eigenvalue weighted by atomic mass is 79.9. The summed E-state index contributed by atoms with van der Waals surface area (Å²) in [6.45, 7) is 2.57. The Bertz CT molecular complexity index is 355. The number of ether oxygens (including phenoxy) is 1. The summed E-state index contributed by atoms with van der Waals surface area (Å²) < 4.78 is 19.4. The predicted molar refractivity (Wildman–Crippen MR) is 63.0 cm³/mol. The summed E-state index contributed by atoms with van der Waals surface area (Å²) in [6, 6.07) is 1.44. The molecule has 0 spiro atoms. The van der Waals surface area contributed by atoms with Crippen molar-refractivity contribution < 1.29 is 9.13 Å². The van der Waals surface area contributed by atoms with E-state index >= 15 is 0 Å². The number of likely N-dealkylation sites (N-methyl/N-ethyl adjacent to an activating group) is 1. The fourth-order valence-corrected chi connectivity index (χ4v) is 2.12. The second-order valence-electron chi connectivity index (χ2n) is 3.33. The van der Waals surface area contributed by atoms with Gasteiger partial charge in [0.05, 0.1) is 11.6 Å². The molecule has 0 bridgehead atoms. The molecule has 0 saturated heterocycles. The van der Waals surface area contributed by atoms with Gasteiger partial charge in [-0.2, -0.15) is 0 Å². The number of benzene rings is 1. The lowest BCUT2D eigenvalue weighted by Gasteiger charge is -2.14. The smallest absolute Gasteiger partial charge is 0.136 e. The molecule has 1 rings (SSSR count). The first-order chi connectivity index (χ1) is 7.11. The molecule has 0 heterocycles. The molecule has 0 atom stereocenters. The van der Waals surface area contributed by atoms with E-state index in [1.165, 1.54) is 6.07 Å². The van der Waals surface area contributed by atoms with Gasteiger partial charge in [-0.05, 0) is 54.5 Å². The zero-order valence-corrected chi connectivity index (χ0v) is 10.7. The van der Waals surface area contributed by atoms with E-state index in [9.17, 15) is 4.39 Å². The molecule has 0 fully saturated rings. The molecule has 0 aliphatic carbocycles. The number of hydrogen-bond acceptors (Lipinski definition) is 2. The van der Waals surface area contributed by atoms with Gasteiger partial charge in [0, 0.05) is 5.56 Å². The van der Waals surface area contributed by atoms with Crippen LogP contribution in [0, 0.1) is 12.7 Å². The van der Waals surface area contributed by atoms with Gasteiger partial charge in [-0.15, -0.1) is 0 Å². The van der Waals surface area contributed by atoms with Crippen LogP contribution in [0.5, 0.6) is 5.75 Å². The first-order valence-corrected chi connectivity index (χ1v) is 5.57. The molecule has 1 aromatic carbocycles. The van der Waals surface area contributed by atoms with E-state index in [2.05, 4.69) is 21.2 Å². The van der Waals surface area contributed by atoms with Gasteiger partial charge in [-0.25, -0.2) is 4.39 Å². The Morgan fingerprint density at radius 2 is 2.20 bits per heavy atom. The summed E-state index contributed by atoms with van der Waals surface area (Å²) in [7, 11) is 3.47. The molecule has 0 aliphatic rings. The fraction of sp³-hybridized carbons (Fsp3) is 0.455. The monoisotopic (exact) mass is 275 g/mol. The first kappa shape index (κ1) is 12.5. The van der Waals surface area contributed by atoms with Crippen LogP contribution in [-0.4, -0.2) is 20.7 Å². The van der Waals surface area contributed by atoms with E-state index in [1.807, 2.05) is 7.05 Å². The quantitative estimate of drug-likeness (QED) is 0.912. The van der Waals surface area contributed by atoms with Crippen molar-refractivity contribution in [3.05, 3.63) is 27.5 Å². The van der Waals surface area contributed by atoms with Gasteiger partial charge < -0.3 is 10.1 Å². The third kappa shape index (κ3) is 2.69. The van der Waals surface area contributed by atoms with Crippen molar-refractivity contribution in [1.29, 1.82) is 0 Å². The summed E-state index contributed by atoms with van der Waals surface area (Å²) in [6.07, 6.45) is 0.752. The third-order valence-corrected chi connectivity index (χ3v) is 2.97. The highest BCUT2D eigenvalue weighted by Gasteiger charge is 2.14. The number of methoxy groups -OCH3 is 1. The molecule has 1 N–H and O–H groups in total. The normalized spacial score (nSPS) is 10.5. The molecule has 1 aromatic rings. The van der Waals surface area contributed by atoms with E-state index in [0.717, 1.165) is 24.3 Å². The Kier molecular flexibility index (Phi) is 4.54. The molecule has 84 valence electrons. The zero-order valence-electron chi connectivity index (χ0n) is 9.16. The molecule has 0 aromatic heterocycles. The SMILES string of the molecule is CNCCc1c(C)c(F)cc(Br)c1OC. The Hall–Kier alpha value is -0.610. The topological polar surface area (TPSA) is 21.3 Å². The minimum atomic E-state index is -0.200. The molecule has 2 nitrogen and oxygen atoms in total. The molecule has 0 radical (unpaired) electrons. The summed E-state index contributed by atoms with van der Waals surface area (Å²) in [5.41, 5.74) is 1.57. The lowest BCUT2D eigenvalue weighted by atomic mass is 10.0. The fourth-order valence-electron chi connectivity index (χ4n) is 1.52. The van der Waals surface area contributed by atoms with E-state index in [1.54, 1.807) is 14.0 Å². The van der Waals surface area contributed by atoms with Crippen LogP contribution >= 0.6 is 15.9 Å². The third-order valence-electron chi connectivity index (χ3n) is 2.38. The molecule has 0 amide bonds. The number of hydrogen-bond donors (Lipinski definition) is 1. The van der Waals surface area contributed by atoms with E-state index in [-0.39, 0.29) is 5.82 Å². The maximum absolute atomic E-state index is 13.5. The van der Waals surface area contributed by atoms with Crippen LogP contribution in [0.1, 0.15) is 11.1 Å². The Morgan fingerprint density at radius 1 is 1.53 bits per heavy atom. The van der Waals surface area contributed by atoms with Crippen molar-refractivity contribution in [3.8, 4) is 5.75 Å². The second-order valence-corrected chi connectivity index (χ2v) is 4.18. The Morgan fingerprint density at radius 3 is 2.73 bits per heavy atom. The van der Waals surface area contributed by atoms with Crippen LogP contribution < -0.4 is 10.1 Å². The minimum Gasteiger partial charge on any atom is -0.495 e. The van der Waals surface area contributed by atoms with Crippen molar-refractivity contribution in [2.45, 2.75) is 13.3 Å². The number of halogens is 2. The van der Waals surface area contributed by atoms with E-state index in [4.69, 9.17) is 4.74 Å². The van der Waals surface area contributed by atoms with E-state index in [0.29, 0.717) is 10.0 Å². The van der Waals surface area contributed by atoms with Crippen molar-refractivity contribution in [1.82, 2.24) is 5.32 Å². The van der Waals surface area contributed by atoms with Gasteiger partial charge in [0.2, 0.25) is 0 Å². The summed E-state index contributed by atoms with van der Waals surface area (Å²) in [5.74, 6) is 0.526. The summed E-state index contributed by atoms with van der Waals surface area (Å²) in [4.78, 5) is 0. The maximum atomic E-state index is 13.5. The van der Waals surface area contributed by atoms with Crippen LogP contribution in [0.3, 0.4) is 0 Å². The molecule has 0 unspecified atom stereocenters. The Balaban J connectivity index is 3.18. The molecule has 0 saturated carbocycles. The van der Waals surface area contributed by atoms with Gasteiger partial charge in [0.15, 0.2) is 0 Å². The maximum Gasteiger partial charge on any atom is 0.136 e. The second kappa shape index (κ2) is 5.47. The number of nitrogens with one attached hydrogen (secondary N) is 1. The van der Waals surface area contributed by atoms with Gasteiger partial charge in [0.25, 0.3) is 0 Å². The van der Waals surface area contributed by atoms with Crippen molar-refractivity contribution in [2.75, 3.05) is 20.7 Å². The van der Waals surface area contributed by atoms with E-state index < -0.39 is 0 Å². The highest BCUT2D eigenvalue weighted by molar-refractivity contribution is 9.10. The van der Waals surface area contributed by atoms with Gasteiger partial charge >= 0.3 is 0 Å². The van der Waals surface area contributed by atoms with Crippen molar-refractivity contribution >= 4 is 15.9 Å². The van der Waals surface area contributed by atoms with Gasteiger partial charge in [-0.3, -0.25) is 0 Å². The minimum absolute atomic E-state index is 0.200. The molecular weight excluding hydrogens is 261 g/mol. The highest BCUT2D eigenvalue weighted by Crippen LogP contribution is 2.33. The van der Waals surface area contributed by atoms with Crippen molar-refractivity contribution in [2.24, 2.45) is 0 Å². The average molecular weight is 276 g/mol. The molecule has 4 heteroatoms. The van der Waals surface area contributed by atoms with Crippen molar-refractivity contribution in [3.63, 3.8) is 0 Å². The Labute approximate surface area is 98.0 Å². The largest absolute Gasteiger partial charge is 0.495 e. The average Bonchev–Trinajstić information content (AvgIpc) is 2.21. The zero-order chi connectivity index (χ0) is 11.4. The lowest BCUT2D eigenvalue weighted by molar-refractivity contribution is 0.404. The molecule has 15 heavy (non-hydrogen) atoms.